The molecule has 0 spiro atoms. The first kappa shape index (κ1) is 47.2. The van der Waals surface area contributed by atoms with Gasteiger partial charge in [-0.25, -0.2) is 32.8 Å². The first-order chi connectivity index (χ1) is 26.8. The minimum absolute atomic E-state index is 0.0960. The second-order valence-electron chi connectivity index (χ2n) is 13.3. The highest BCUT2D eigenvalue weighted by molar-refractivity contribution is 5.76. The fourth-order valence-electron chi connectivity index (χ4n) is 5.55. The van der Waals surface area contributed by atoms with Gasteiger partial charge < -0.3 is 29.2 Å². The molecule has 0 unspecified atom stereocenters. The van der Waals surface area contributed by atoms with E-state index in [9.17, 15) is 42.6 Å². The van der Waals surface area contributed by atoms with Crippen molar-refractivity contribution >= 4 is 23.9 Å². The number of benzene rings is 1. The Balaban J connectivity index is 0.000000393. The first-order valence-electron chi connectivity index (χ1n) is 19.0. The van der Waals surface area contributed by atoms with Crippen molar-refractivity contribution < 1.29 is 56.8 Å². The summed E-state index contributed by atoms with van der Waals surface area (Å²) in [6.07, 6.45) is 13.4. The zero-order valence-corrected chi connectivity index (χ0v) is 32.3. The summed E-state index contributed by atoms with van der Waals surface area (Å²) in [6.45, 7) is 5.00. The molecule has 2 heterocycles. The van der Waals surface area contributed by atoms with Gasteiger partial charge in [0.1, 0.15) is 49.4 Å². The lowest BCUT2D eigenvalue weighted by molar-refractivity contribution is -0.305. The molecular weight excluding hydrogens is 739 g/mol. The monoisotopic (exact) mass is 792 g/mol. The SMILES string of the molecule is CCCCCCCC(=O)OCC(COC(=O)CCCCCCC)OC(=O)CCC(=O)[O-].C[C@@H](c1ncncc1F)[C@](O)(Cn1cncn1)c1ccc(F)cc1F. The van der Waals surface area contributed by atoms with Gasteiger partial charge >= 0.3 is 17.9 Å². The molecule has 0 saturated carbocycles. The standard InChI is InChI=1S/C23H40O8.C16H14F3N5O/c1-3-5-7-9-11-13-21(26)29-17-19(31-23(28)16-15-20(24)25)18-30-22(27)14-12-10-8-6-4-2;1-10(15-14(19)5-20-7-22-15)16(25,6-24-9-21-8-23-24)12-3-2-11(17)4-13(12)18/h19H,3-18H2,1-2H3,(H,24,25);2-5,7-10,25H,6H2,1H3/p-1/t;10-,16+/m.0/s1. The van der Waals surface area contributed by atoms with Crippen molar-refractivity contribution in [2.45, 2.75) is 135 Å². The molecule has 56 heavy (non-hydrogen) atoms. The highest BCUT2D eigenvalue weighted by Gasteiger charge is 2.41. The van der Waals surface area contributed by atoms with Crippen LogP contribution in [0.25, 0.3) is 0 Å². The van der Waals surface area contributed by atoms with Crippen molar-refractivity contribution in [3.8, 4) is 0 Å². The number of halogens is 3. The summed E-state index contributed by atoms with van der Waals surface area (Å²) in [5.41, 5.74) is -2.25. The van der Waals surface area contributed by atoms with E-state index in [0.29, 0.717) is 6.07 Å². The number of hydrogen-bond acceptors (Lipinski definition) is 13. The van der Waals surface area contributed by atoms with Gasteiger partial charge in [0.05, 0.1) is 24.9 Å². The number of hydrogen-bond donors (Lipinski definition) is 1. The Kier molecular flexibility index (Phi) is 21.9. The Hall–Kier alpha value is -4.93. The van der Waals surface area contributed by atoms with Crippen LogP contribution in [0.4, 0.5) is 13.2 Å². The number of carboxylic acids is 1. The second kappa shape index (κ2) is 26.0. The molecule has 0 amide bonds. The molecule has 0 saturated heterocycles. The van der Waals surface area contributed by atoms with E-state index in [-0.39, 0.29) is 50.3 Å². The maximum Gasteiger partial charge on any atom is 0.306 e. The zero-order valence-electron chi connectivity index (χ0n) is 32.3. The fraction of sp³-hybridized carbons (Fsp3) is 0.590. The molecule has 1 aromatic carbocycles. The lowest BCUT2D eigenvalue weighted by atomic mass is 9.79. The number of aliphatic hydroxyl groups is 1. The van der Waals surface area contributed by atoms with Gasteiger partial charge in [0.15, 0.2) is 11.9 Å². The van der Waals surface area contributed by atoms with E-state index in [4.69, 9.17) is 14.2 Å². The number of ether oxygens (including phenoxy) is 3. The Morgan fingerprint density at radius 2 is 1.41 bits per heavy atom. The van der Waals surface area contributed by atoms with E-state index in [1.165, 1.54) is 24.3 Å². The second-order valence-corrected chi connectivity index (χ2v) is 13.3. The van der Waals surface area contributed by atoms with Crippen molar-refractivity contribution in [2.75, 3.05) is 13.2 Å². The Labute approximate surface area is 325 Å². The Bertz CT molecular complexity index is 1600. The summed E-state index contributed by atoms with van der Waals surface area (Å²) in [6, 6.07) is 2.80. The van der Waals surface area contributed by atoms with E-state index in [1.54, 1.807) is 0 Å². The van der Waals surface area contributed by atoms with Gasteiger partial charge in [-0.05, 0) is 25.3 Å². The lowest BCUT2D eigenvalue weighted by Gasteiger charge is -2.34. The summed E-state index contributed by atoms with van der Waals surface area (Å²) >= 11 is 0. The minimum Gasteiger partial charge on any atom is -0.550 e. The van der Waals surface area contributed by atoms with E-state index < -0.39 is 65.4 Å². The van der Waals surface area contributed by atoms with E-state index in [1.807, 2.05) is 0 Å². The maximum absolute atomic E-state index is 14.4. The molecule has 1 N–H and O–H groups in total. The van der Waals surface area contributed by atoms with Crippen LogP contribution >= 0.6 is 0 Å². The number of aliphatic carboxylic acids is 1. The lowest BCUT2D eigenvalue weighted by Crippen LogP contribution is -2.39. The van der Waals surface area contributed by atoms with Crippen molar-refractivity contribution in [3.05, 3.63) is 72.1 Å². The predicted molar refractivity (Wildman–Crippen MR) is 193 cm³/mol. The van der Waals surface area contributed by atoms with Gasteiger partial charge in [0, 0.05) is 36.4 Å². The summed E-state index contributed by atoms with van der Waals surface area (Å²) in [4.78, 5) is 57.3. The molecule has 0 aliphatic carbocycles. The summed E-state index contributed by atoms with van der Waals surface area (Å²) in [5.74, 6) is -6.43. The van der Waals surface area contributed by atoms with Gasteiger partial charge in [0.2, 0.25) is 0 Å². The number of rotatable bonds is 25. The molecule has 310 valence electrons. The van der Waals surface area contributed by atoms with E-state index in [0.717, 1.165) is 88.9 Å². The molecule has 3 rings (SSSR count). The van der Waals surface area contributed by atoms with Crippen LogP contribution in [0.2, 0.25) is 0 Å². The largest absolute Gasteiger partial charge is 0.550 e. The van der Waals surface area contributed by atoms with Crippen LogP contribution < -0.4 is 5.11 Å². The van der Waals surface area contributed by atoms with E-state index in [2.05, 4.69) is 33.9 Å². The molecule has 0 bridgehead atoms. The highest BCUT2D eigenvalue weighted by atomic mass is 19.1. The third-order valence-electron chi connectivity index (χ3n) is 8.75. The van der Waals surface area contributed by atoms with Crippen LogP contribution in [0.15, 0.2) is 43.4 Å². The zero-order chi connectivity index (χ0) is 41.3. The Morgan fingerprint density at radius 3 is 1.93 bits per heavy atom. The van der Waals surface area contributed by atoms with Crippen molar-refractivity contribution in [1.82, 2.24) is 24.7 Å². The average Bonchev–Trinajstić information content (AvgIpc) is 3.67. The van der Waals surface area contributed by atoms with Gasteiger partial charge in [0.25, 0.3) is 0 Å². The molecular formula is C39H53F3N5O9-. The smallest absolute Gasteiger partial charge is 0.306 e. The molecule has 3 aromatic rings. The number of carbonyl (C=O) groups excluding carboxylic acids is 4. The molecule has 0 fully saturated rings. The van der Waals surface area contributed by atoms with Crippen LogP contribution in [0.3, 0.4) is 0 Å². The molecule has 0 aliphatic heterocycles. The van der Waals surface area contributed by atoms with Crippen LogP contribution in [0.1, 0.15) is 128 Å². The van der Waals surface area contributed by atoms with Crippen molar-refractivity contribution in [3.63, 3.8) is 0 Å². The maximum atomic E-state index is 14.4. The number of unbranched alkanes of at least 4 members (excludes halogenated alkanes) is 8. The van der Waals surface area contributed by atoms with Gasteiger partial charge in [-0.3, -0.25) is 14.4 Å². The molecule has 2 aromatic heterocycles. The molecule has 0 aliphatic rings. The summed E-state index contributed by atoms with van der Waals surface area (Å²) < 4.78 is 58.5. The molecule has 14 nitrogen and oxygen atoms in total. The van der Waals surface area contributed by atoms with Crippen LogP contribution in [0, 0.1) is 17.5 Å². The topological polar surface area (TPSA) is 196 Å². The summed E-state index contributed by atoms with van der Waals surface area (Å²) in [7, 11) is 0. The molecule has 2 atom stereocenters. The third-order valence-corrected chi connectivity index (χ3v) is 8.75. The number of aromatic nitrogens is 5. The van der Waals surface area contributed by atoms with E-state index >= 15 is 0 Å². The van der Waals surface area contributed by atoms with Crippen LogP contribution in [-0.2, 0) is 45.5 Å². The Morgan fingerprint density at radius 1 is 0.804 bits per heavy atom. The minimum atomic E-state index is -1.96. The normalized spacial score (nSPS) is 12.6. The predicted octanol–water partition coefficient (Wildman–Crippen LogP) is 5.41. The van der Waals surface area contributed by atoms with Crippen molar-refractivity contribution in [1.29, 1.82) is 0 Å². The van der Waals surface area contributed by atoms with Crippen LogP contribution in [0.5, 0.6) is 0 Å². The third kappa shape index (κ3) is 17.7. The van der Waals surface area contributed by atoms with Gasteiger partial charge in [-0.15, -0.1) is 0 Å². The number of carboxylic acid groups (broad SMARTS) is 1. The summed E-state index contributed by atoms with van der Waals surface area (Å²) in [5, 5.41) is 25.7. The van der Waals surface area contributed by atoms with Crippen molar-refractivity contribution in [2.24, 2.45) is 0 Å². The number of nitrogens with zero attached hydrogens (tertiary/aromatic N) is 5. The van der Waals surface area contributed by atoms with Gasteiger partial charge in [-0.1, -0.05) is 78.2 Å². The quantitative estimate of drug-likeness (QED) is 0.0650. The number of carbonyl (C=O) groups is 4. The number of esters is 3. The average molecular weight is 793 g/mol. The molecule has 0 radical (unpaired) electrons. The molecule has 17 heteroatoms. The van der Waals surface area contributed by atoms with Gasteiger partial charge in [-0.2, -0.15) is 5.10 Å². The first-order valence-corrected chi connectivity index (χ1v) is 19.0. The van der Waals surface area contributed by atoms with Crippen LogP contribution in [-0.4, -0.2) is 73.0 Å². The fourth-order valence-corrected chi connectivity index (χ4v) is 5.55. The highest BCUT2D eigenvalue weighted by Crippen LogP contribution is 2.39.